The number of aromatic amines is 1. The zero-order chi connectivity index (χ0) is 55.3. The molecule has 4 bridgehead atoms. The number of benzene rings is 3. The summed E-state index contributed by atoms with van der Waals surface area (Å²) < 4.78 is 15.6. The van der Waals surface area contributed by atoms with E-state index in [4.69, 9.17) is 19.6 Å². The molecule has 79 heavy (non-hydrogen) atoms. The molecule has 19 heteroatoms. The molecule has 2 unspecified atom stereocenters. The summed E-state index contributed by atoms with van der Waals surface area (Å²) in [6.07, 6.45) is 13.5. The number of fused-ring (bicyclic) bond motifs is 2. The van der Waals surface area contributed by atoms with Gasteiger partial charge in [0, 0.05) is 78.3 Å². The van der Waals surface area contributed by atoms with Crippen LogP contribution in [0.5, 0.6) is 0 Å². The van der Waals surface area contributed by atoms with Gasteiger partial charge in [-0.05, 0) is 135 Å². The third-order valence-corrected chi connectivity index (χ3v) is 17.2. The number of carboxylic acid groups (broad SMARTS) is 1. The highest BCUT2D eigenvalue weighted by molar-refractivity contribution is 7.22. The minimum absolute atomic E-state index is 0.0564. The van der Waals surface area contributed by atoms with Gasteiger partial charge in [-0.2, -0.15) is 5.10 Å². The summed E-state index contributed by atoms with van der Waals surface area (Å²) in [6, 6.07) is 25.8. The molecule has 4 aromatic heterocycles. The molecule has 0 spiro atoms. The van der Waals surface area contributed by atoms with E-state index in [1.807, 2.05) is 78.3 Å². The van der Waals surface area contributed by atoms with Crippen molar-refractivity contribution in [3.8, 4) is 22.4 Å². The van der Waals surface area contributed by atoms with Crippen molar-refractivity contribution in [1.29, 1.82) is 0 Å². The first kappa shape index (κ1) is 53.0. The molecule has 12 rings (SSSR count). The van der Waals surface area contributed by atoms with Crippen LogP contribution in [0.15, 0.2) is 97.3 Å². The number of H-pyrrole nitrogens is 1. The molecular formula is C60H62N9O9S. The Balaban J connectivity index is 0.690. The number of imide groups is 1. The van der Waals surface area contributed by atoms with Crippen molar-refractivity contribution in [3.63, 3.8) is 0 Å². The van der Waals surface area contributed by atoms with Gasteiger partial charge in [0.2, 0.25) is 5.91 Å². The van der Waals surface area contributed by atoms with Crippen LogP contribution in [-0.2, 0) is 43.4 Å². The first-order valence-electron chi connectivity index (χ1n) is 26.7. The van der Waals surface area contributed by atoms with Crippen LogP contribution >= 0.6 is 11.3 Å². The van der Waals surface area contributed by atoms with Crippen LogP contribution in [0.4, 0.5) is 9.93 Å². The van der Waals surface area contributed by atoms with Crippen LogP contribution in [-0.4, -0.2) is 114 Å². The molecule has 2 atom stereocenters. The molecule has 1 radical (unpaired) electrons. The van der Waals surface area contributed by atoms with Crippen molar-refractivity contribution in [2.45, 2.75) is 97.3 Å². The van der Waals surface area contributed by atoms with Crippen LogP contribution < -0.4 is 10.6 Å². The second kappa shape index (κ2) is 21.0. The normalized spacial score (nSPS) is 22.1. The van der Waals surface area contributed by atoms with E-state index in [1.54, 1.807) is 30.4 Å². The van der Waals surface area contributed by atoms with Gasteiger partial charge in [-0.3, -0.25) is 34.1 Å². The Morgan fingerprint density at radius 3 is 2.44 bits per heavy atom. The first-order chi connectivity index (χ1) is 37.9. The number of carbonyl (C=O) groups is 6. The molecule has 0 saturated heterocycles. The van der Waals surface area contributed by atoms with Crippen LogP contribution in [0.1, 0.15) is 103 Å². The van der Waals surface area contributed by atoms with Gasteiger partial charge < -0.3 is 29.8 Å². The highest BCUT2D eigenvalue weighted by Gasteiger charge is 2.66. The lowest BCUT2D eigenvalue weighted by Gasteiger charge is -2.69. The zero-order valence-corrected chi connectivity index (χ0v) is 45.5. The van der Waals surface area contributed by atoms with Crippen molar-refractivity contribution < 1.29 is 43.3 Å². The number of nitrogens with one attached hydrogen (secondary N) is 3. The highest BCUT2D eigenvalue weighted by Crippen LogP contribution is 2.72. The minimum atomic E-state index is -1.16. The monoisotopic (exact) mass is 1080 g/mol. The lowest BCUT2D eigenvalue weighted by atomic mass is 9.39. The Morgan fingerprint density at radius 2 is 1.70 bits per heavy atom. The standard InChI is InChI=1S/C60H62N9O9S/c1-37-43(41-17-19-45(64-52(41)54(74)75)40-16-18-46-42(25-40)44(26-62-46)53(73)66-55-65-47-10-5-6-11-48(47)79-55)27-63-69(37)36-59-31-57(2)30-58(3,32-59)34-60(33-57,35-59)78-24-23-67(4)56(76)77-29-39-14-12-38(13-15-39)9-7-8-22-61-49(70)28-68-50(71)20-21-51(68)72/h5-6,10-14,16-21,25-27,62H,7-9,22-24,28-36H2,1-4H3,(H,61,70)(H,74,75)(H,65,66,73). The Morgan fingerprint density at radius 1 is 0.911 bits per heavy atom. The number of para-hydroxylation sites is 1. The molecule has 4 aliphatic carbocycles. The van der Waals surface area contributed by atoms with Crippen molar-refractivity contribution in [2.75, 3.05) is 38.6 Å². The molecule has 4 saturated carbocycles. The number of amides is 5. The van der Waals surface area contributed by atoms with Gasteiger partial charge in [0.15, 0.2) is 10.8 Å². The van der Waals surface area contributed by atoms with E-state index in [-0.39, 0.29) is 52.5 Å². The Kier molecular flexibility index (Phi) is 14.1. The van der Waals surface area contributed by atoms with E-state index in [2.05, 4.69) is 40.5 Å². The average molecular weight is 1090 g/mol. The summed E-state index contributed by atoms with van der Waals surface area (Å²) in [5.41, 5.74) is 6.48. The molecular weight excluding hydrogens is 1020 g/mol. The summed E-state index contributed by atoms with van der Waals surface area (Å²) in [5, 5.41) is 22.4. The lowest BCUT2D eigenvalue weighted by molar-refractivity contribution is -0.248. The van der Waals surface area contributed by atoms with Gasteiger partial charge in [0.05, 0.1) is 39.9 Å². The van der Waals surface area contributed by atoms with E-state index >= 15 is 0 Å². The number of ether oxygens (including phenoxy) is 2. The van der Waals surface area contributed by atoms with Crippen molar-refractivity contribution >= 4 is 73.3 Å². The van der Waals surface area contributed by atoms with Crippen molar-refractivity contribution in [2.24, 2.45) is 16.2 Å². The molecule has 407 valence electrons. The Hall–Kier alpha value is -8.03. The quantitative estimate of drug-likeness (QED) is 0.0413. The number of nitrogens with zero attached hydrogens (tertiary/aromatic N) is 6. The smallest absolute Gasteiger partial charge is 0.409 e. The fourth-order valence-corrected chi connectivity index (χ4v) is 14.7. The van der Waals surface area contributed by atoms with Gasteiger partial charge in [0.25, 0.3) is 17.7 Å². The maximum absolute atomic E-state index is 13.5. The molecule has 5 aliphatic rings. The van der Waals surface area contributed by atoms with Crippen LogP contribution in [0, 0.1) is 29.2 Å². The number of pyridine rings is 1. The Labute approximate surface area is 460 Å². The number of aromatic nitrogens is 5. The maximum Gasteiger partial charge on any atom is 0.409 e. The number of unbranched alkanes of at least 4 members (excludes halogenated alkanes) is 1. The van der Waals surface area contributed by atoms with Gasteiger partial charge in [-0.1, -0.05) is 61.6 Å². The number of anilines is 1. The van der Waals surface area contributed by atoms with E-state index < -0.39 is 23.9 Å². The molecule has 18 nitrogen and oxygen atoms in total. The topological polar surface area (TPSA) is 231 Å². The predicted octanol–water partition coefficient (Wildman–Crippen LogP) is 9.53. The summed E-state index contributed by atoms with van der Waals surface area (Å²) >= 11 is 1.40. The predicted molar refractivity (Wildman–Crippen MR) is 297 cm³/mol. The largest absolute Gasteiger partial charge is 0.476 e. The number of hydrogen-bond donors (Lipinski definition) is 4. The third kappa shape index (κ3) is 11.1. The second-order valence-electron chi connectivity index (χ2n) is 22.9. The number of likely N-dealkylation sites (N-methyl/N-ethyl adjacent to an activating group) is 1. The zero-order valence-electron chi connectivity index (χ0n) is 44.6. The number of aryl methyl sites for hydroxylation is 1. The molecule has 4 fully saturated rings. The minimum Gasteiger partial charge on any atom is -0.476 e. The maximum atomic E-state index is 13.5. The number of aromatic carboxylic acids is 1. The number of thiazole rings is 1. The van der Waals surface area contributed by atoms with Crippen LogP contribution in [0.3, 0.4) is 0 Å². The van der Waals surface area contributed by atoms with E-state index in [0.717, 1.165) is 107 Å². The van der Waals surface area contributed by atoms with E-state index in [9.17, 15) is 33.9 Å². The third-order valence-electron chi connectivity index (χ3n) is 16.2. The van der Waals surface area contributed by atoms with Gasteiger partial charge in [0.1, 0.15) is 13.2 Å². The molecule has 3 aromatic carbocycles. The molecule has 5 heterocycles. The van der Waals surface area contributed by atoms with Crippen LogP contribution in [0.25, 0.3) is 43.5 Å². The first-order valence-corrected chi connectivity index (χ1v) is 27.6. The van der Waals surface area contributed by atoms with Crippen molar-refractivity contribution in [3.05, 3.63) is 131 Å². The summed E-state index contributed by atoms with van der Waals surface area (Å²) in [4.78, 5) is 90.2. The number of hydrogen-bond acceptors (Lipinski definition) is 12. The molecule has 7 aromatic rings. The summed E-state index contributed by atoms with van der Waals surface area (Å²) in [7, 11) is 1.72. The van der Waals surface area contributed by atoms with Gasteiger partial charge >= 0.3 is 12.1 Å². The Bertz CT molecular complexity index is 3530. The molecule has 4 N–H and O–H groups in total. The lowest BCUT2D eigenvalue weighted by Crippen LogP contribution is -2.64. The fraction of sp³-hybridized carbons (Fsp3) is 0.383. The SMILES string of the molecule is Cc1c(-c2ccc(-c3ccc4[nH]cc(C(=O)Nc5nc6ccccc6s5)c4c3)nc2C(=O)O)cnn1CC12CC3(C)CC(C)(C1)CC(OCCN(C)C(=O)OCc1[c]cc(CCCCNC(=O)CN4C(=O)C=CC4=O)cc1)(C3)C2. The average Bonchev–Trinajstić information content (AvgIpc) is 3.46. The fourth-order valence-electron chi connectivity index (χ4n) is 13.8. The molecule has 5 amide bonds. The summed E-state index contributed by atoms with van der Waals surface area (Å²) in [5.74, 6) is -2.82. The van der Waals surface area contributed by atoms with Crippen molar-refractivity contribution in [1.82, 2.24) is 39.8 Å². The van der Waals surface area contributed by atoms with E-state index in [0.29, 0.717) is 64.7 Å². The molecule has 1 aliphatic heterocycles. The van der Waals surface area contributed by atoms with Gasteiger partial charge in [-0.15, -0.1) is 0 Å². The second-order valence-corrected chi connectivity index (χ2v) is 23.9. The number of rotatable bonds is 20. The van der Waals surface area contributed by atoms with Gasteiger partial charge in [-0.25, -0.2) is 19.6 Å². The number of carboxylic acids is 1. The summed E-state index contributed by atoms with van der Waals surface area (Å²) in [6.45, 7) is 8.36. The highest BCUT2D eigenvalue weighted by atomic mass is 32.1. The number of carbonyl (C=O) groups excluding carboxylic acids is 5. The van der Waals surface area contributed by atoms with Crippen LogP contribution in [0.2, 0.25) is 0 Å². The van der Waals surface area contributed by atoms with E-state index in [1.165, 1.54) is 11.3 Å².